The number of rotatable bonds is 3. The Balaban J connectivity index is 2.22. The van der Waals surface area contributed by atoms with Crippen molar-refractivity contribution in [1.82, 2.24) is 10.2 Å². The van der Waals surface area contributed by atoms with Crippen LogP contribution < -0.4 is 5.32 Å². The van der Waals surface area contributed by atoms with Crippen LogP contribution in [0.1, 0.15) is 35.7 Å². The highest BCUT2D eigenvalue weighted by Gasteiger charge is 2.26. The van der Waals surface area contributed by atoms with E-state index in [1.807, 2.05) is 11.8 Å². The summed E-state index contributed by atoms with van der Waals surface area (Å²) in [7, 11) is 0. The summed E-state index contributed by atoms with van der Waals surface area (Å²) < 4.78 is 0. The van der Waals surface area contributed by atoms with Gasteiger partial charge in [-0.05, 0) is 51.9 Å². The smallest absolute Gasteiger partial charge is 0.254 e. The molecule has 4 nitrogen and oxygen atoms in total. The molecule has 1 aliphatic rings. The first-order chi connectivity index (χ1) is 9.15. The third kappa shape index (κ3) is 2.89. The summed E-state index contributed by atoms with van der Waals surface area (Å²) >= 11 is 0. The molecule has 0 spiro atoms. The Morgan fingerprint density at radius 2 is 2.11 bits per heavy atom. The molecule has 1 aliphatic heterocycles. The second-order valence-corrected chi connectivity index (χ2v) is 5.02. The number of phenolic OH excluding ortho intramolecular Hbond substituents is 1. The van der Waals surface area contributed by atoms with Crippen molar-refractivity contribution in [2.45, 2.75) is 32.7 Å². The predicted molar refractivity (Wildman–Crippen MR) is 75.4 cm³/mol. The topological polar surface area (TPSA) is 52.6 Å². The lowest BCUT2D eigenvalue weighted by Crippen LogP contribution is -2.46. The number of phenols is 1. The molecule has 1 fully saturated rings. The number of nitrogens with one attached hydrogen (secondary N) is 1. The number of carbonyl (C=O) groups excluding carboxylic acids is 1. The van der Waals surface area contributed by atoms with Gasteiger partial charge in [0.25, 0.3) is 5.91 Å². The van der Waals surface area contributed by atoms with Crippen molar-refractivity contribution < 1.29 is 9.90 Å². The molecule has 2 N–H and O–H groups in total. The number of hydrogen-bond acceptors (Lipinski definition) is 3. The van der Waals surface area contributed by atoms with E-state index in [4.69, 9.17) is 0 Å². The average molecular weight is 262 g/mol. The van der Waals surface area contributed by atoms with Crippen LogP contribution in [0.2, 0.25) is 0 Å². The molecule has 0 radical (unpaired) electrons. The summed E-state index contributed by atoms with van der Waals surface area (Å²) in [4.78, 5) is 14.6. The van der Waals surface area contributed by atoms with Crippen LogP contribution in [-0.2, 0) is 0 Å². The second-order valence-electron chi connectivity index (χ2n) is 5.02. The molecule has 104 valence electrons. The van der Waals surface area contributed by atoms with Crippen molar-refractivity contribution in [3.8, 4) is 5.75 Å². The van der Waals surface area contributed by atoms with Crippen molar-refractivity contribution in [1.29, 1.82) is 0 Å². The maximum atomic E-state index is 12.6. The average Bonchev–Trinajstić information content (AvgIpc) is 2.44. The summed E-state index contributed by atoms with van der Waals surface area (Å²) in [5, 5.41) is 13.0. The lowest BCUT2D eigenvalue weighted by Gasteiger charge is -2.34. The molecule has 1 aromatic carbocycles. The van der Waals surface area contributed by atoms with E-state index < -0.39 is 0 Å². The highest BCUT2D eigenvalue weighted by Crippen LogP contribution is 2.23. The molecule has 0 atom stereocenters. The van der Waals surface area contributed by atoms with Gasteiger partial charge in [-0.25, -0.2) is 0 Å². The Morgan fingerprint density at radius 1 is 1.42 bits per heavy atom. The normalized spacial score (nSPS) is 16.3. The zero-order chi connectivity index (χ0) is 13.8. The summed E-state index contributed by atoms with van der Waals surface area (Å²) in [6.45, 7) is 6.44. The van der Waals surface area contributed by atoms with Gasteiger partial charge >= 0.3 is 0 Å². The summed E-state index contributed by atoms with van der Waals surface area (Å²) in [6, 6.07) is 5.44. The number of benzene rings is 1. The van der Waals surface area contributed by atoms with E-state index in [1.165, 1.54) is 0 Å². The zero-order valence-corrected chi connectivity index (χ0v) is 11.6. The van der Waals surface area contributed by atoms with Gasteiger partial charge in [0, 0.05) is 23.7 Å². The molecule has 2 rings (SSSR count). The maximum absolute atomic E-state index is 12.6. The molecule has 0 aliphatic carbocycles. The van der Waals surface area contributed by atoms with E-state index in [0.29, 0.717) is 23.7 Å². The molecule has 0 saturated carbocycles. The lowest BCUT2D eigenvalue weighted by atomic mass is 10.0. The van der Waals surface area contributed by atoms with Gasteiger partial charge in [-0.3, -0.25) is 4.79 Å². The first-order valence-electron chi connectivity index (χ1n) is 6.95. The van der Waals surface area contributed by atoms with Gasteiger partial charge in [-0.1, -0.05) is 6.07 Å². The van der Waals surface area contributed by atoms with E-state index in [-0.39, 0.29) is 11.7 Å². The van der Waals surface area contributed by atoms with E-state index in [9.17, 15) is 9.90 Å². The third-order valence-corrected chi connectivity index (χ3v) is 3.89. The van der Waals surface area contributed by atoms with Gasteiger partial charge in [-0.2, -0.15) is 0 Å². The highest BCUT2D eigenvalue weighted by atomic mass is 16.3. The number of amides is 1. The molecule has 0 aromatic heterocycles. The van der Waals surface area contributed by atoms with Crippen LogP contribution in [0.15, 0.2) is 18.2 Å². The van der Waals surface area contributed by atoms with Crippen LogP contribution in [0.4, 0.5) is 0 Å². The number of carbonyl (C=O) groups is 1. The predicted octanol–water partition coefficient (Wildman–Crippen LogP) is 1.91. The van der Waals surface area contributed by atoms with E-state index >= 15 is 0 Å². The minimum absolute atomic E-state index is 0.0304. The Hall–Kier alpha value is -1.55. The lowest BCUT2D eigenvalue weighted by molar-refractivity contribution is 0.0655. The quantitative estimate of drug-likeness (QED) is 0.875. The van der Waals surface area contributed by atoms with Gasteiger partial charge in [-0.15, -0.1) is 0 Å². The van der Waals surface area contributed by atoms with Crippen LogP contribution in [-0.4, -0.2) is 41.6 Å². The Morgan fingerprint density at radius 3 is 2.74 bits per heavy atom. The van der Waals surface area contributed by atoms with E-state index in [0.717, 1.165) is 25.9 Å². The van der Waals surface area contributed by atoms with Crippen LogP contribution >= 0.6 is 0 Å². The van der Waals surface area contributed by atoms with Crippen LogP contribution in [0.5, 0.6) is 5.75 Å². The molecule has 19 heavy (non-hydrogen) atoms. The molecule has 0 bridgehead atoms. The number of hydrogen-bond donors (Lipinski definition) is 2. The van der Waals surface area contributed by atoms with Crippen LogP contribution in [0, 0.1) is 6.92 Å². The summed E-state index contributed by atoms with van der Waals surface area (Å²) in [5.41, 5.74) is 1.28. The fraction of sp³-hybridized carbons (Fsp3) is 0.533. The SMILES string of the molecule is CCN(C(=O)c1cccc(O)c1C)C1CCNCC1. The minimum atomic E-state index is 0.0304. The monoisotopic (exact) mass is 262 g/mol. The number of aromatic hydroxyl groups is 1. The molecule has 1 amide bonds. The first-order valence-corrected chi connectivity index (χ1v) is 6.95. The van der Waals surface area contributed by atoms with Crippen molar-refractivity contribution in [2.24, 2.45) is 0 Å². The zero-order valence-electron chi connectivity index (χ0n) is 11.6. The first kappa shape index (κ1) is 13.9. The Kier molecular flexibility index (Phi) is 4.43. The number of nitrogens with zero attached hydrogens (tertiary/aromatic N) is 1. The largest absolute Gasteiger partial charge is 0.508 e. The molecule has 1 heterocycles. The molecular formula is C15H22N2O2. The second kappa shape index (κ2) is 6.06. The summed E-state index contributed by atoms with van der Waals surface area (Å²) in [5.74, 6) is 0.218. The fourth-order valence-electron chi connectivity index (χ4n) is 2.70. The van der Waals surface area contributed by atoms with E-state index in [1.54, 1.807) is 25.1 Å². The third-order valence-electron chi connectivity index (χ3n) is 3.89. The molecule has 1 saturated heterocycles. The fourth-order valence-corrected chi connectivity index (χ4v) is 2.70. The molecule has 0 unspecified atom stereocenters. The Bertz CT molecular complexity index is 453. The van der Waals surface area contributed by atoms with Crippen molar-refractivity contribution in [2.75, 3.05) is 19.6 Å². The molecule has 1 aromatic rings. The Labute approximate surface area is 114 Å². The van der Waals surface area contributed by atoms with Gasteiger partial charge < -0.3 is 15.3 Å². The minimum Gasteiger partial charge on any atom is -0.508 e. The maximum Gasteiger partial charge on any atom is 0.254 e. The summed E-state index contributed by atoms with van der Waals surface area (Å²) in [6.07, 6.45) is 1.99. The van der Waals surface area contributed by atoms with Gasteiger partial charge in [0.05, 0.1) is 0 Å². The van der Waals surface area contributed by atoms with Crippen LogP contribution in [0.3, 0.4) is 0 Å². The van der Waals surface area contributed by atoms with Gasteiger partial charge in [0.1, 0.15) is 5.75 Å². The standard InChI is InChI=1S/C15H22N2O2/c1-3-17(12-7-9-16-10-8-12)15(19)13-5-4-6-14(18)11(13)2/h4-6,12,16,18H,3,7-10H2,1-2H3. The number of piperidine rings is 1. The molecular weight excluding hydrogens is 240 g/mol. The van der Waals surface area contributed by atoms with Crippen molar-refractivity contribution >= 4 is 5.91 Å². The van der Waals surface area contributed by atoms with Gasteiger partial charge in [0.15, 0.2) is 0 Å². The van der Waals surface area contributed by atoms with Gasteiger partial charge in [0.2, 0.25) is 0 Å². The van der Waals surface area contributed by atoms with E-state index in [2.05, 4.69) is 5.32 Å². The van der Waals surface area contributed by atoms with Crippen molar-refractivity contribution in [3.63, 3.8) is 0 Å². The highest BCUT2D eigenvalue weighted by molar-refractivity contribution is 5.96. The molecule has 4 heteroatoms. The van der Waals surface area contributed by atoms with Crippen LogP contribution in [0.25, 0.3) is 0 Å². The van der Waals surface area contributed by atoms with Crippen molar-refractivity contribution in [3.05, 3.63) is 29.3 Å².